The van der Waals surface area contributed by atoms with Crippen molar-refractivity contribution in [2.75, 3.05) is 0 Å². The maximum atomic E-state index is 14.3. The molecule has 62 heavy (non-hydrogen) atoms. The minimum atomic E-state index is -1.31. The maximum absolute atomic E-state index is 14.3. The van der Waals surface area contributed by atoms with Gasteiger partial charge in [0.15, 0.2) is 5.78 Å². The van der Waals surface area contributed by atoms with Crippen LogP contribution in [-0.4, -0.2) is 108 Å². The van der Waals surface area contributed by atoms with Gasteiger partial charge in [0.25, 0.3) is 0 Å². The molecule has 1 aliphatic carbocycles. The fraction of sp³-hybridized carbons (Fsp3) is 0.651. The number of allylic oxidation sites excluding steroid dienone is 4. The quantitative estimate of drug-likeness (QED) is 0.111. The van der Waals surface area contributed by atoms with Crippen LogP contribution >= 0.6 is 0 Å². The molecule has 9 N–H and O–H groups in total. The zero-order chi connectivity index (χ0) is 45.1. The summed E-state index contributed by atoms with van der Waals surface area (Å²) in [7, 11) is 0. The van der Waals surface area contributed by atoms with Crippen LogP contribution in [-0.2, 0) is 38.4 Å². The molecular weight excluding hydrogens is 809 g/mol. The SMILES string of the molecule is C[C@@]12CC(=O)N[C@]13CC1N=C(CC4N=C5/C(=C6\N=C(C=C(N3)[C@H]2CCC(=O)O)[C@@H](CCC(=O)O)[C@@H]6CCC(=O)O)C(=O)CC[C@H]5[C@@H]4CC(=O)O)[C@@](C)(CC(N)=O)[C@@H]1CCC(=O)O. The number of aliphatic carboxylic acids is 5. The predicted molar refractivity (Wildman–Crippen MR) is 218 cm³/mol. The molecule has 19 nitrogen and oxygen atoms in total. The van der Waals surface area contributed by atoms with Crippen LogP contribution in [0.25, 0.3) is 0 Å². The van der Waals surface area contributed by atoms with Gasteiger partial charge >= 0.3 is 29.8 Å². The van der Waals surface area contributed by atoms with Crippen LogP contribution in [0.5, 0.6) is 0 Å². The summed E-state index contributed by atoms with van der Waals surface area (Å²) >= 11 is 0. The normalized spacial score (nSPS) is 36.7. The van der Waals surface area contributed by atoms with E-state index in [0.717, 1.165) is 0 Å². The Bertz CT molecular complexity index is 2180. The Hall–Kier alpha value is -5.75. The second-order valence-electron chi connectivity index (χ2n) is 18.7. The molecule has 2 unspecified atom stereocenters. The number of amides is 2. The number of carbonyl (C=O) groups excluding carboxylic acids is 3. The summed E-state index contributed by atoms with van der Waals surface area (Å²) in [5.74, 6) is -10.7. The Morgan fingerprint density at radius 2 is 1.44 bits per heavy atom. The zero-order valence-corrected chi connectivity index (χ0v) is 34.7. The molecule has 8 bridgehead atoms. The summed E-state index contributed by atoms with van der Waals surface area (Å²) in [5, 5.41) is 56.6. The van der Waals surface area contributed by atoms with E-state index in [9.17, 15) is 63.9 Å². The molecule has 0 aromatic rings. The molecule has 2 amide bonds. The van der Waals surface area contributed by atoms with Crippen molar-refractivity contribution in [3.8, 4) is 0 Å². The number of fused-ring (bicyclic) bond motifs is 4. The first kappa shape index (κ1) is 44.3. The fourth-order valence-corrected chi connectivity index (χ4v) is 12.3. The number of carboxylic acid groups (broad SMARTS) is 5. The predicted octanol–water partition coefficient (Wildman–Crippen LogP) is 2.72. The highest BCUT2D eigenvalue weighted by Crippen LogP contribution is 2.59. The minimum absolute atomic E-state index is 0.00921. The van der Waals surface area contributed by atoms with E-state index in [2.05, 4.69) is 10.6 Å². The van der Waals surface area contributed by atoms with Crippen molar-refractivity contribution >= 4 is 64.6 Å². The fourth-order valence-electron chi connectivity index (χ4n) is 12.3. The number of carbonyl (C=O) groups is 8. The number of Topliss-reactive ketones (excluding diaryl/α,β-unsaturated/α-hetero) is 1. The van der Waals surface area contributed by atoms with Crippen LogP contribution in [0.4, 0.5) is 0 Å². The van der Waals surface area contributed by atoms with Gasteiger partial charge in [-0.3, -0.25) is 53.3 Å². The molecule has 1 spiro atoms. The number of hydrogen-bond donors (Lipinski definition) is 8. The van der Waals surface area contributed by atoms with E-state index in [0.29, 0.717) is 22.8 Å². The van der Waals surface area contributed by atoms with Crippen molar-refractivity contribution in [3.63, 3.8) is 0 Å². The number of nitrogens with two attached hydrogens (primary N) is 1. The highest BCUT2D eigenvalue weighted by atomic mass is 16.4. The Kier molecular flexibility index (Phi) is 11.8. The van der Waals surface area contributed by atoms with E-state index in [4.69, 9.17) is 20.7 Å². The van der Waals surface area contributed by atoms with Crippen LogP contribution in [0.2, 0.25) is 0 Å². The van der Waals surface area contributed by atoms with E-state index < -0.39 is 99.8 Å². The summed E-state index contributed by atoms with van der Waals surface area (Å²) in [5.41, 5.74) is 4.45. The Balaban J connectivity index is 1.52. The van der Waals surface area contributed by atoms with E-state index in [1.54, 1.807) is 13.0 Å². The average molecular weight is 863 g/mol. The smallest absolute Gasteiger partial charge is 0.303 e. The molecule has 0 aromatic heterocycles. The third-order valence-electron chi connectivity index (χ3n) is 15.1. The third-order valence-corrected chi connectivity index (χ3v) is 15.1. The van der Waals surface area contributed by atoms with Crippen LogP contribution in [0.1, 0.15) is 110 Å². The van der Waals surface area contributed by atoms with E-state index in [-0.39, 0.29) is 119 Å². The van der Waals surface area contributed by atoms with Crippen molar-refractivity contribution in [1.82, 2.24) is 10.6 Å². The molecule has 7 rings (SSSR count). The topological polar surface area (TPSA) is 325 Å². The molecule has 11 atom stereocenters. The third kappa shape index (κ3) is 7.93. The summed E-state index contributed by atoms with van der Waals surface area (Å²) in [6.45, 7) is 3.66. The lowest BCUT2D eigenvalue weighted by Crippen LogP contribution is -2.59. The number of carboxylic acids is 5. The molecule has 19 heteroatoms. The Morgan fingerprint density at radius 3 is 2.06 bits per heavy atom. The van der Waals surface area contributed by atoms with Gasteiger partial charge in [0.05, 0.1) is 35.5 Å². The summed E-state index contributed by atoms with van der Waals surface area (Å²) in [4.78, 5) is 117. The summed E-state index contributed by atoms with van der Waals surface area (Å²) in [6, 6.07) is -1.52. The van der Waals surface area contributed by atoms with E-state index >= 15 is 0 Å². The second-order valence-corrected chi connectivity index (χ2v) is 18.7. The highest BCUT2D eigenvalue weighted by Gasteiger charge is 2.66. The first-order valence-electron chi connectivity index (χ1n) is 21.4. The lowest BCUT2D eigenvalue weighted by Gasteiger charge is -2.42. The van der Waals surface area contributed by atoms with E-state index in [1.807, 2.05) is 6.92 Å². The van der Waals surface area contributed by atoms with Gasteiger partial charge < -0.3 is 41.9 Å². The standard InChI is InChI=1S/C43H54N6O13/c1-41(17-31(44)51)23(6-11-35(57)58)28-16-43-42(2,18-32(52)49-43)24(7-12-36(59)60)27(48-43)14-25-19(4-9-33(53)54)20(5-10-34(55)56)39(46-25)38-29(50)8-3-21-22(13-37(61)62)26(47-40(21)38)15-30(41)45-28/h14,19-24,26,28,48H,3-13,15-18H2,1-2H3,(H2,44,51)(H,49,52)(H,53,54)(H,55,56)(H,57,58)(H,59,60)(H,61,62)/b27-14?,39-38-/t19-,20-,21-,22-,23+,24+,26?,28?,41-,42-,43+/m0/s1. The van der Waals surface area contributed by atoms with Gasteiger partial charge in [-0.25, -0.2) is 0 Å². The zero-order valence-electron chi connectivity index (χ0n) is 34.7. The maximum Gasteiger partial charge on any atom is 0.303 e. The number of nitrogens with one attached hydrogen (secondary N) is 2. The summed E-state index contributed by atoms with van der Waals surface area (Å²) in [6.07, 6.45) is 0.392. The lowest BCUT2D eigenvalue weighted by molar-refractivity contribution is -0.139. The van der Waals surface area contributed by atoms with Crippen LogP contribution in [0.15, 0.2) is 38.0 Å². The van der Waals surface area contributed by atoms with Gasteiger partial charge in [0.2, 0.25) is 11.8 Å². The van der Waals surface area contributed by atoms with Crippen molar-refractivity contribution in [2.24, 2.45) is 67.0 Å². The van der Waals surface area contributed by atoms with Gasteiger partial charge in [-0.1, -0.05) is 13.8 Å². The van der Waals surface area contributed by atoms with Gasteiger partial charge in [0.1, 0.15) is 5.66 Å². The minimum Gasteiger partial charge on any atom is -0.481 e. The average Bonchev–Trinajstić information content (AvgIpc) is 3.86. The number of ketones is 1. The Morgan fingerprint density at radius 1 is 0.806 bits per heavy atom. The highest BCUT2D eigenvalue weighted by molar-refractivity contribution is 6.26. The van der Waals surface area contributed by atoms with Crippen molar-refractivity contribution in [3.05, 3.63) is 23.0 Å². The lowest BCUT2D eigenvalue weighted by atomic mass is 9.63. The largest absolute Gasteiger partial charge is 0.481 e. The van der Waals surface area contributed by atoms with Crippen LogP contribution in [0.3, 0.4) is 0 Å². The molecule has 0 aromatic carbocycles. The van der Waals surface area contributed by atoms with Gasteiger partial charge in [-0.15, -0.1) is 0 Å². The number of aliphatic imine (C=N–C) groups is 3. The molecule has 7 aliphatic rings. The number of hydrogen-bond acceptors (Lipinski definition) is 12. The molecule has 334 valence electrons. The number of nitrogens with zero attached hydrogens (tertiary/aromatic N) is 3. The van der Waals surface area contributed by atoms with Crippen molar-refractivity contribution in [2.45, 2.75) is 128 Å². The number of primary amides is 1. The van der Waals surface area contributed by atoms with Crippen LogP contribution in [0, 0.1) is 46.3 Å². The Labute approximate surface area is 356 Å². The van der Waals surface area contributed by atoms with E-state index in [1.165, 1.54) is 0 Å². The molecule has 0 radical (unpaired) electrons. The molecular formula is C43H54N6O13. The number of rotatable bonds is 16. The van der Waals surface area contributed by atoms with Crippen LogP contribution < -0.4 is 16.4 Å². The molecule has 6 heterocycles. The first-order valence-corrected chi connectivity index (χ1v) is 21.4. The monoisotopic (exact) mass is 862 g/mol. The summed E-state index contributed by atoms with van der Waals surface area (Å²) < 4.78 is 0. The molecule has 6 aliphatic heterocycles. The van der Waals surface area contributed by atoms with Gasteiger partial charge in [-0.05, 0) is 44.1 Å². The van der Waals surface area contributed by atoms with Crippen molar-refractivity contribution in [1.29, 1.82) is 0 Å². The first-order chi connectivity index (χ1) is 29.2. The molecule has 3 fully saturated rings. The molecule has 1 saturated carbocycles. The van der Waals surface area contributed by atoms with Crippen molar-refractivity contribution < 1.29 is 63.9 Å². The van der Waals surface area contributed by atoms with Gasteiger partial charge in [0, 0.05) is 115 Å². The van der Waals surface area contributed by atoms with Gasteiger partial charge in [-0.2, -0.15) is 0 Å². The second kappa shape index (κ2) is 16.5. The molecule has 2 saturated heterocycles.